The highest BCUT2D eigenvalue weighted by atomic mass is 35.5. The lowest BCUT2D eigenvalue weighted by Crippen LogP contribution is -2.20. The average molecular weight is 347 g/mol. The van der Waals surface area contributed by atoms with Gasteiger partial charge in [0.15, 0.2) is 0 Å². The molecule has 0 amide bonds. The van der Waals surface area contributed by atoms with Gasteiger partial charge in [-0.25, -0.2) is 4.98 Å². The standard InChI is InChI=1S/C15H18ClF3N4/c1-8(20-7-12-9(2)22-23(4)10(12)3)11-5-6-13(15(17,18)19)21-14(11)16/h5-6,8,20H,7H2,1-4H3/t8-/m1/s1. The molecule has 0 spiro atoms. The summed E-state index contributed by atoms with van der Waals surface area (Å²) in [6.07, 6.45) is -4.50. The van der Waals surface area contributed by atoms with Crippen LogP contribution in [-0.4, -0.2) is 14.8 Å². The first-order valence-electron chi connectivity index (χ1n) is 7.07. The largest absolute Gasteiger partial charge is 0.433 e. The van der Waals surface area contributed by atoms with Crippen LogP contribution < -0.4 is 5.32 Å². The van der Waals surface area contributed by atoms with Crippen LogP contribution in [0.25, 0.3) is 0 Å². The Labute approximate surface area is 137 Å². The number of hydrogen-bond acceptors (Lipinski definition) is 3. The van der Waals surface area contributed by atoms with E-state index >= 15 is 0 Å². The third-order valence-electron chi connectivity index (χ3n) is 3.88. The molecule has 2 aromatic heterocycles. The van der Waals surface area contributed by atoms with Crippen molar-refractivity contribution in [2.75, 3.05) is 0 Å². The highest BCUT2D eigenvalue weighted by Crippen LogP contribution is 2.31. The normalized spacial score (nSPS) is 13.4. The molecule has 2 heterocycles. The lowest BCUT2D eigenvalue weighted by molar-refractivity contribution is -0.141. The van der Waals surface area contributed by atoms with Crippen molar-refractivity contribution >= 4 is 11.6 Å². The first-order chi connectivity index (χ1) is 10.6. The topological polar surface area (TPSA) is 42.7 Å². The Kier molecular flexibility index (Phi) is 5.01. The van der Waals surface area contributed by atoms with Crippen molar-refractivity contribution in [3.8, 4) is 0 Å². The van der Waals surface area contributed by atoms with Gasteiger partial charge in [-0.2, -0.15) is 18.3 Å². The second-order valence-corrected chi connectivity index (χ2v) is 5.81. The van der Waals surface area contributed by atoms with Crippen LogP contribution in [0, 0.1) is 13.8 Å². The highest BCUT2D eigenvalue weighted by molar-refractivity contribution is 6.30. The van der Waals surface area contributed by atoms with Gasteiger partial charge in [-0.1, -0.05) is 17.7 Å². The van der Waals surface area contributed by atoms with Crippen molar-refractivity contribution in [2.45, 2.75) is 39.5 Å². The van der Waals surface area contributed by atoms with Crippen LogP contribution >= 0.6 is 11.6 Å². The molecule has 0 aromatic carbocycles. The minimum absolute atomic E-state index is 0.139. The molecule has 0 saturated heterocycles. The molecule has 0 aliphatic heterocycles. The number of hydrogen-bond donors (Lipinski definition) is 1. The van der Waals surface area contributed by atoms with E-state index < -0.39 is 11.9 Å². The molecule has 126 valence electrons. The Balaban J connectivity index is 2.13. The van der Waals surface area contributed by atoms with Gasteiger partial charge in [-0.15, -0.1) is 0 Å². The second kappa shape index (κ2) is 6.49. The molecule has 0 saturated carbocycles. The molecular formula is C15H18ClF3N4. The monoisotopic (exact) mass is 346 g/mol. The zero-order valence-corrected chi connectivity index (χ0v) is 14.0. The van der Waals surface area contributed by atoms with Gasteiger partial charge in [-0.3, -0.25) is 4.68 Å². The van der Waals surface area contributed by atoms with Gasteiger partial charge >= 0.3 is 6.18 Å². The lowest BCUT2D eigenvalue weighted by Gasteiger charge is -2.16. The summed E-state index contributed by atoms with van der Waals surface area (Å²) in [6.45, 7) is 6.26. The minimum atomic E-state index is -4.50. The maximum Gasteiger partial charge on any atom is 0.433 e. The fraction of sp³-hybridized carbons (Fsp3) is 0.467. The van der Waals surface area contributed by atoms with E-state index in [4.69, 9.17) is 11.6 Å². The van der Waals surface area contributed by atoms with Crippen LogP contribution in [0.4, 0.5) is 13.2 Å². The Morgan fingerprint density at radius 3 is 2.43 bits per heavy atom. The number of nitrogens with zero attached hydrogens (tertiary/aromatic N) is 3. The first-order valence-corrected chi connectivity index (χ1v) is 7.45. The predicted molar refractivity (Wildman–Crippen MR) is 82.2 cm³/mol. The Morgan fingerprint density at radius 1 is 1.30 bits per heavy atom. The van der Waals surface area contributed by atoms with Gasteiger partial charge in [0.25, 0.3) is 0 Å². The molecule has 23 heavy (non-hydrogen) atoms. The third kappa shape index (κ3) is 3.84. The Bertz CT molecular complexity index is 709. The summed E-state index contributed by atoms with van der Waals surface area (Å²) in [5, 5.41) is 7.44. The maximum atomic E-state index is 12.6. The number of aromatic nitrogens is 3. The molecule has 0 unspecified atom stereocenters. The number of alkyl halides is 3. The third-order valence-corrected chi connectivity index (χ3v) is 4.18. The second-order valence-electron chi connectivity index (χ2n) is 5.45. The number of halogens is 4. The number of nitrogens with one attached hydrogen (secondary N) is 1. The van der Waals surface area contributed by atoms with Crippen molar-refractivity contribution < 1.29 is 13.2 Å². The SMILES string of the molecule is Cc1nn(C)c(C)c1CN[C@H](C)c1ccc(C(F)(F)F)nc1Cl. The van der Waals surface area contributed by atoms with E-state index in [0.717, 1.165) is 23.0 Å². The van der Waals surface area contributed by atoms with E-state index in [9.17, 15) is 13.2 Å². The first kappa shape index (κ1) is 17.7. The summed E-state index contributed by atoms with van der Waals surface area (Å²) >= 11 is 5.91. The quantitative estimate of drug-likeness (QED) is 0.852. The van der Waals surface area contributed by atoms with E-state index in [0.29, 0.717) is 12.1 Å². The Hall–Kier alpha value is -1.60. The molecule has 0 fully saturated rings. The summed E-state index contributed by atoms with van der Waals surface area (Å²) in [4.78, 5) is 3.44. The molecule has 1 atom stereocenters. The maximum absolute atomic E-state index is 12.6. The number of aryl methyl sites for hydroxylation is 2. The van der Waals surface area contributed by atoms with Gasteiger partial charge in [0.1, 0.15) is 10.8 Å². The van der Waals surface area contributed by atoms with Gasteiger partial charge in [0.05, 0.1) is 5.69 Å². The molecule has 0 aliphatic rings. The van der Waals surface area contributed by atoms with E-state index in [-0.39, 0.29) is 11.2 Å². The highest BCUT2D eigenvalue weighted by Gasteiger charge is 2.33. The van der Waals surface area contributed by atoms with Crippen LogP contribution in [0.1, 0.15) is 41.2 Å². The molecule has 0 radical (unpaired) electrons. The summed E-state index contributed by atoms with van der Waals surface area (Å²) in [5.41, 5.74) is 2.56. The van der Waals surface area contributed by atoms with Crippen LogP contribution in [0.2, 0.25) is 5.15 Å². The molecule has 0 bridgehead atoms. The van der Waals surface area contributed by atoms with Crippen molar-refractivity contribution in [3.63, 3.8) is 0 Å². The summed E-state index contributed by atoms with van der Waals surface area (Å²) in [6, 6.07) is 2.06. The van der Waals surface area contributed by atoms with Gasteiger partial charge in [0.2, 0.25) is 0 Å². The zero-order chi connectivity index (χ0) is 17.4. The van der Waals surface area contributed by atoms with Crippen LogP contribution in [0.5, 0.6) is 0 Å². The molecular weight excluding hydrogens is 329 g/mol. The van der Waals surface area contributed by atoms with Gasteiger partial charge < -0.3 is 5.32 Å². The van der Waals surface area contributed by atoms with E-state index in [1.54, 1.807) is 4.68 Å². The van der Waals surface area contributed by atoms with Gasteiger partial charge in [-0.05, 0) is 26.8 Å². The molecule has 8 heteroatoms. The van der Waals surface area contributed by atoms with Crippen LogP contribution in [0.3, 0.4) is 0 Å². The predicted octanol–water partition coefficient (Wildman–Crippen LogP) is 3.95. The van der Waals surface area contributed by atoms with Crippen molar-refractivity contribution in [1.82, 2.24) is 20.1 Å². The molecule has 2 aromatic rings. The zero-order valence-electron chi connectivity index (χ0n) is 13.3. The van der Waals surface area contributed by atoms with Crippen molar-refractivity contribution in [1.29, 1.82) is 0 Å². The summed E-state index contributed by atoms with van der Waals surface area (Å²) in [5.74, 6) is 0. The van der Waals surface area contributed by atoms with E-state index in [1.807, 2.05) is 27.8 Å². The number of pyridine rings is 1. The number of rotatable bonds is 4. The molecule has 0 aliphatic carbocycles. The van der Waals surface area contributed by atoms with Crippen LogP contribution in [0.15, 0.2) is 12.1 Å². The minimum Gasteiger partial charge on any atom is -0.306 e. The fourth-order valence-electron chi connectivity index (χ4n) is 2.36. The average Bonchev–Trinajstić information content (AvgIpc) is 2.68. The Morgan fingerprint density at radius 2 is 1.96 bits per heavy atom. The van der Waals surface area contributed by atoms with Gasteiger partial charge in [0, 0.05) is 36.5 Å². The summed E-state index contributed by atoms with van der Waals surface area (Å²) < 4.78 is 39.6. The lowest BCUT2D eigenvalue weighted by atomic mass is 10.1. The summed E-state index contributed by atoms with van der Waals surface area (Å²) in [7, 11) is 1.87. The van der Waals surface area contributed by atoms with Crippen molar-refractivity contribution in [3.05, 3.63) is 45.5 Å². The van der Waals surface area contributed by atoms with E-state index in [2.05, 4.69) is 15.4 Å². The van der Waals surface area contributed by atoms with Crippen LogP contribution in [-0.2, 0) is 19.8 Å². The molecule has 2 rings (SSSR count). The van der Waals surface area contributed by atoms with E-state index in [1.165, 1.54) is 6.07 Å². The molecule has 1 N–H and O–H groups in total. The van der Waals surface area contributed by atoms with Crippen molar-refractivity contribution in [2.24, 2.45) is 7.05 Å². The molecule has 4 nitrogen and oxygen atoms in total. The fourth-order valence-corrected chi connectivity index (χ4v) is 2.68. The smallest absolute Gasteiger partial charge is 0.306 e.